The number of hydrogen-bond donors (Lipinski definition) is 2. The van der Waals surface area contributed by atoms with Crippen molar-refractivity contribution in [2.45, 2.75) is 39.7 Å². The van der Waals surface area contributed by atoms with Crippen molar-refractivity contribution in [1.82, 2.24) is 5.32 Å². The molecule has 0 saturated heterocycles. The third-order valence-electron chi connectivity index (χ3n) is 2.62. The summed E-state index contributed by atoms with van der Waals surface area (Å²) in [6.07, 6.45) is 4.33. The maximum atomic E-state index is 11.4. The molecule has 0 saturated carbocycles. The lowest BCUT2D eigenvalue weighted by molar-refractivity contribution is 0.0529. The average Bonchev–Trinajstić information content (AvgIpc) is 2.29. The van der Waals surface area contributed by atoms with Crippen LogP contribution in [0.2, 0.25) is 0 Å². The topological polar surface area (TPSA) is 64.3 Å². The quantitative estimate of drug-likeness (QED) is 0.653. The Balaban J connectivity index is 2.38. The van der Waals surface area contributed by atoms with Gasteiger partial charge >= 0.3 is 6.09 Å². The minimum Gasteiger partial charge on any atom is -0.444 e. The summed E-state index contributed by atoms with van der Waals surface area (Å²) in [5.74, 6) is 0. The third kappa shape index (κ3) is 5.78. The van der Waals surface area contributed by atoms with Crippen LogP contribution in [0.25, 0.3) is 6.08 Å². The van der Waals surface area contributed by atoms with Crippen molar-refractivity contribution in [2.24, 2.45) is 0 Å². The van der Waals surface area contributed by atoms with Gasteiger partial charge in [-0.1, -0.05) is 24.3 Å². The van der Waals surface area contributed by atoms with Crippen LogP contribution >= 0.6 is 0 Å². The molecule has 0 unspecified atom stereocenters. The lowest BCUT2D eigenvalue weighted by Gasteiger charge is -2.19. The number of aryl methyl sites for hydroxylation is 1. The number of benzene rings is 1. The van der Waals surface area contributed by atoms with E-state index in [1.807, 2.05) is 58.0 Å². The molecule has 0 bridgehead atoms. The van der Waals surface area contributed by atoms with Crippen molar-refractivity contribution < 1.29 is 9.53 Å². The van der Waals surface area contributed by atoms with E-state index < -0.39 is 5.60 Å². The van der Waals surface area contributed by atoms with Crippen molar-refractivity contribution in [1.29, 1.82) is 0 Å². The van der Waals surface area contributed by atoms with E-state index >= 15 is 0 Å². The first-order valence-corrected chi connectivity index (χ1v) is 6.78. The van der Waals surface area contributed by atoms with Gasteiger partial charge in [0, 0.05) is 12.2 Å². The first-order chi connectivity index (χ1) is 9.29. The molecule has 0 aromatic heterocycles. The van der Waals surface area contributed by atoms with Gasteiger partial charge in [-0.05, 0) is 51.3 Å². The van der Waals surface area contributed by atoms with Crippen LogP contribution in [0.5, 0.6) is 0 Å². The van der Waals surface area contributed by atoms with Gasteiger partial charge in [-0.15, -0.1) is 0 Å². The number of carbonyl (C=O) groups excluding carboxylic acids is 1. The van der Waals surface area contributed by atoms with Crippen LogP contribution in [-0.4, -0.2) is 18.2 Å². The number of alkyl carbamates (subject to hydrolysis) is 1. The molecule has 0 atom stereocenters. The highest BCUT2D eigenvalue weighted by Crippen LogP contribution is 2.17. The normalized spacial score (nSPS) is 11.6. The predicted molar refractivity (Wildman–Crippen MR) is 83.5 cm³/mol. The number of hydrogen-bond acceptors (Lipinski definition) is 3. The molecule has 0 aliphatic heterocycles. The fourth-order valence-electron chi connectivity index (χ4n) is 1.70. The molecular formula is C16H24N2O2. The highest BCUT2D eigenvalue weighted by atomic mass is 16.6. The van der Waals surface area contributed by atoms with Gasteiger partial charge in [0.25, 0.3) is 0 Å². The molecule has 0 fully saturated rings. The number of amides is 1. The number of nitrogen functional groups attached to an aromatic ring is 1. The molecule has 20 heavy (non-hydrogen) atoms. The average molecular weight is 276 g/mol. The Morgan fingerprint density at radius 1 is 1.40 bits per heavy atom. The van der Waals surface area contributed by atoms with E-state index in [4.69, 9.17) is 10.5 Å². The van der Waals surface area contributed by atoms with Crippen molar-refractivity contribution in [3.63, 3.8) is 0 Å². The molecule has 110 valence electrons. The molecule has 4 nitrogen and oxygen atoms in total. The Bertz CT molecular complexity index is 467. The molecule has 0 aliphatic carbocycles. The smallest absolute Gasteiger partial charge is 0.407 e. The van der Waals surface area contributed by atoms with Crippen LogP contribution in [0, 0.1) is 6.92 Å². The Hall–Kier alpha value is -1.97. The van der Waals surface area contributed by atoms with Crippen LogP contribution in [-0.2, 0) is 4.74 Å². The van der Waals surface area contributed by atoms with E-state index in [9.17, 15) is 4.79 Å². The van der Waals surface area contributed by atoms with Crippen molar-refractivity contribution in [3.8, 4) is 0 Å². The molecule has 0 aliphatic rings. The molecular weight excluding hydrogens is 252 g/mol. The highest BCUT2D eigenvalue weighted by molar-refractivity contribution is 5.68. The Morgan fingerprint density at radius 2 is 2.10 bits per heavy atom. The number of nitrogens with two attached hydrogens (primary N) is 1. The van der Waals surface area contributed by atoms with Gasteiger partial charge in [-0.3, -0.25) is 0 Å². The molecule has 1 rings (SSSR count). The molecule has 4 heteroatoms. The van der Waals surface area contributed by atoms with E-state index in [1.54, 1.807) is 0 Å². The summed E-state index contributed by atoms with van der Waals surface area (Å²) in [4.78, 5) is 11.4. The Kier molecular flexibility index (Phi) is 5.62. The zero-order valence-electron chi connectivity index (χ0n) is 12.7. The standard InChI is InChI=1S/C16H24N2O2/c1-12-8-7-10-14(17)13(12)9-5-6-11-18-15(19)20-16(2,3)4/h5,7-10H,6,11,17H2,1-4H3,(H,18,19). The summed E-state index contributed by atoms with van der Waals surface area (Å²) in [5.41, 5.74) is 8.39. The largest absolute Gasteiger partial charge is 0.444 e. The van der Waals surface area contributed by atoms with Gasteiger partial charge in [-0.2, -0.15) is 0 Å². The second-order valence-electron chi connectivity index (χ2n) is 5.70. The fourth-order valence-corrected chi connectivity index (χ4v) is 1.70. The van der Waals surface area contributed by atoms with Gasteiger partial charge < -0.3 is 15.8 Å². The van der Waals surface area contributed by atoms with Crippen LogP contribution in [0.1, 0.15) is 38.3 Å². The second kappa shape index (κ2) is 6.98. The van der Waals surface area contributed by atoms with Crippen LogP contribution in [0.3, 0.4) is 0 Å². The third-order valence-corrected chi connectivity index (χ3v) is 2.62. The zero-order chi connectivity index (χ0) is 15.2. The number of rotatable bonds is 4. The molecule has 0 spiro atoms. The number of nitrogens with one attached hydrogen (secondary N) is 1. The van der Waals surface area contributed by atoms with Crippen molar-refractivity contribution in [2.75, 3.05) is 12.3 Å². The Labute approximate surface area is 121 Å². The minimum atomic E-state index is -0.463. The van der Waals surface area contributed by atoms with Crippen LogP contribution in [0.4, 0.5) is 10.5 Å². The summed E-state index contributed by atoms with van der Waals surface area (Å²) < 4.78 is 5.15. The van der Waals surface area contributed by atoms with E-state index in [0.29, 0.717) is 6.54 Å². The van der Waals surface area contributed by atoms with Gasteiger partial charge in [0.2, 0.25) is 0 Å². The van der Waals surface area contributed by atoms with E-state index in [-0.39, 0.29) is 6.09 Å². The van der Waals surface area contributed by atoms with Gasteiger partial charge in [0.05, 0.1) is 0 Å². The maximum Gasteiger partial charge on any atom is 0.407 e. The van der Waals surface area contributed by atoms with Crippen molar-refractivity contribution >= 4 is 17.9 Å². The SMILES string of the molecule is Cc1cccc(N)c1C=CCCNC(=O)OC(C)(C)C. The predicted octanol–water partition coefficient (Wildman–Crippen LogP) is 3.51. The summed E-state index contributed by atoms with van der Waals surface area (Å²) in [5, 5.41) is 2.71. The van der Waals surface area contributed by atoms with E-state index in [2.05, 4.69) is 5.32 Å². The lowest BCUT2D eigenvalue weighted by Crippen LogP contribution is -2.32. The molecule has 0 radical (unpaired) electrons. The second-order valence-corrected chi connectivity index (χ2v) is 5.70. The van der Waals surface area contributed by atoms with Crippen LogP contribution in [0.15, 0.2) is 24.3 Å². The maximum absolute atomic E-state index is 11.4. The fraction of sp³-hybridized carbons (Fsp3) is 0.438. The lowest BCUT2D eigenvalue weighted by atomic mass is 10.1. The number of anilines is 1. The minimum absolute atomic E-state index is 0.388. The molecule has 1 amide bonds. The Morgan fingerprint density at radius 3 is 2.70 bits per heavy atom. The van der Waals surface area contributed by atoms with Gasteiger partial charge in [-0.25, -0.2) is 4.79 Å². The van der Waals surface area contributed by atoms with Gasteiger partial charge in [0.1, 0.15) is 5.60 Å². The van der Waals surface area contributed by atoms with Crippen LogP contribution < -0.4 is 11.1 Å². The van der Waals surface area contributed by atoms with E-state index in [1.165, 1.54) is 0 Å². The molecule has 3 N–H and O–H groups in total. The zero-order valence-corrected chi connectivity index (χ0v) is 12.7. The first kappa shape index (κ1) is 16.1. The number of carbonyl (C=O) groups is 1. The monoisotopic (exact) mass is 276 g/mol. The summed E-state index contributed by atoms with van der Waals surface area (Å²) in [6, 6.07) is 5.84. The molecule has 0 heterocycles. The van der Waals surface area contributed by atoms with Crippen molar-refractivity contribution in [3.05, 3.63) is 35.4 Å². The summed E-state index contributed by atoms with van der Waals surface area (Å²) in [7, 11) is 0. The van der Waals surface area contributed by atoms with E-state index in [0.717, 1.165) is 23.2 Å². The number of ether oxygens (including phenoxy) is 1. The highest BCUT2D eigenvalue weighted by Gasteiger charge is 2.15. The van der Waals surface area contributed by atoms with Gasteiger partial charge in [0.15, 0.2) is 0 Å². The first-order valence-electron chi connectivity index (χ1n) is 6.78. The summed E-state index contributed by atoms with van der Waals surface area (Å²) >= 11 is 0. The molecule has 1 aromatic rings. The molecule has 1 aromatic carbocycles. The summed E-state index contributed by atoms with van der Waals surface area (Å²) in [6.45, 7) is 8.08.